The smallest absolute Gasteiger partial charge is 0.416 e. The zero-order chi connectivity index (χ0) is 15.8. The predicted octanol–water partition coefficient (Wildman–Crippen LogP) is 6.19. The standard InChI is InChI=1S/C13H5BrClF5O/c14-8-2-1-7(5-9(8)15)21-12-10(16)3-6(4-11(12)17)13(18,19)20/h1-5H. The Morgan fingerprint density at radius 3 is 2.05 bits per heavy atom. The molecule has 0 amide bonds. The Bertz CT molecular complexity index is 664. The van der Waals surface area contributed by atoms with Crippen molar-refractivity contribution in [2.24, 2.45) is 0 Å². The van der Waals surface area contributed by atoms with Gasteiger partial charge in [-0.25, -0.2) is 8.78 Å². The summed E-state index contributed by atoms with van der Waals surface area (Å²) in [6, 6.07) is 4.42. The summed E-state index contributed by atoms with van der Waals surface area (Å²) in [6.07, 6.45) is -4.85. The first-order valence-electron chi connectivity index (χ1n) is 5.37. The molecular formula is C13H5BrClF5O. The zero-order valence-corrected chi connectivity index (χ0v) is 12.3. The fourth-order valence-corrected chi connectivity index (χ4v) is 1.90. The number of ether oxygens (including phenoxy) is 1. The van der Waals surface area contributed by atoms with Crippen LogP contribution in [0.25, 0.3) is 0 Å². The van der Waals surface area contributed by atoms with Crippen molar-refractivity contribution >= 4 is 27.5 Å². The van der Waals surface area contributed by atoms with Crippen molar-refractivity contribution in [3.05, 3.63) is 57.0 Å². The van der Waals surface area contributed by atoms with Gasteiger partial charge in [-0.05, 0) is 40.2 Å². The van der Waals surface area contributed by atoms with Gasteiger partial charge in [-0.2, -0.15) is 13.2 Å². The largest absolute Gasteiger partial charge is 0.451 e. The first-order valence-corrected chi connectivity index (χ1v) is 6.54. The van der Waals surface area contributed by atoms with E-state index in [0.717, 1.165) is 0 Å². The minimum Gasteiger partial charge on any atom is -0.451 e. The molecule has 0 aliphatic heterocycles. The highest BCUT2D eigenvalue weighted by molar-refractivity contribution is 9.10. The molecule has 0 N–H and O–H groups in total. The molecule has 0 unspecified atom stereocenters. The molecule has 2 rings (SSSR count). The van der Waals surface area contributed by atoms with Crippen molar-refractivity contribution in [2.75, 3.05) is 0 Å². The maximum atomic E-state index is 13.6. The van der Waals surface area contributed by atoms with Gasteiger partial charge in [0.05, 0.1) is 10.6 Å². The molecule has 0 saturated carbocycles. The summed E-state index contributed by atoms with van der Waals surface area (Å²) in [4.78, 5) is 0. The van der Waals surface area contributed by atoms with Crippen molar-refractivity contribution in [2.45, 2.75) is 6.18 Å². The van der Waals surface area contributed by atoms with Crippen molar-refractivity contribution in [3.63, 3.8) is 0 Å². The Balaban J connectivity index is 2.39. The third-order valence-corrected chi connectivity index (χ3v) is 3.67. The van der Waals surface area contributed by atoms with Gasteiger partial charge in [0.1, 0.15) is 5.75 Å². The summed E-state index contributed by atoms with van der Waals surface area (Å²) < 4.78 is 69.9. The second-order valence-corrected chi connectivity index (χ2v) is 5.21. The van der Waals surface area contributed by atoms with E-state index >= 15 is 0 Å². The first kappa shape index (κ1) is 16.0. The predicted molar refractivity (Wildman–Crippen MR) is 70.6 cm³/mol. The van der Waals surface area contributed by atoms with Gasteiger partial charge in [0, 0.05) is 10.5 Å². The molecule has 0 bridgehead atoms. The summed E-state index contributed by atoms with van der Waals surface area (Å²) in [5, 5.41) is 0.222. The molecule has 0 aromatic heterocycles. The molecule has 112 valence electrons. The number of halogens is 7. The van der Waals surface area contributed by atoms with Crippen LogP contribution in [0.5, 0.6) is 11.5 Å². The van der Waals surface area contributed by atoms with Crippen molar-refractivity contribution in [1.29, 1.82) is 0 Å². The van der Waals surface area contributed by atoms with E-state index in [0.29, 0.717) is 4.47 Å². The zero-order valence-electron chi connectivity index (χ0n) is 9.94. The van der Waals surface area contributed by atoms with Crippen molar-refractivity contribution < 1.29 is 26.7 Å². The lowest BCUT2D eigenvalue weighted by molar-refractivity contribution is -0.138. The highest BCUT2D eigenvalue weighted by Gasteiger charge is 2.33. The van der Waals surface area contributed by atoms with Gasteiger partial charge < -0.3 is 4.74 Å². The Labute approximate surface area is 129 Å². The molecule has 0 radical (unpaired) electrons. The lowest BCUT2D eigenvalue weighted by Crippen LogP contribution is -2.07. The number of benzene rings is 2. The lowest BCUT2D eigenvalue weighted by atomic mass is 10.2. The Hall–Kier alpha value is -1.34. The van der Waals surface area contributed by atoms with Gasteiger partial charge in [0.2, 0.25) is 0 Å². The number of alkyl halides is 3. The SMILES string of the molecule is Fc1cc(C(F)(F)F)cc(F)c1Oc1ccc(Br)c(Cl)c1. The number of rotatable bonds is 2. The second-order valence-electron chi connectivity index (χ2n) is 3.94. The summed E-state index contributed by atoms with van der Waals surface area (Å²) in [6.45, 7) is 0. The molecule has 2 aromatic rings. The highest BCUT2D eigenvalue weighted by atomic mass is 79.9. The molecule has 8 heteroatoms. The minimum atomic E-state index is -4.85. The molecule has 0 spiro atoms. The fourth-order valence-electron chi connectivity index (χ4n) is 1.48. The van der Waals surface area contributed by atoms with Gasteiger partial charge in [-0.1, -0.05) is 11.6 Å². The van der Waals surface area contributed by atoms with E-state index in [1.165, 1.54) is 18.2 Å². The summed E-state index contributed by atoms with van der Waals surface area (Å²) in [5.74, 6) is -3.86. The molecular weight excluding hydrogens is 382 g/mol. The minimum absolute atomic E-state index is 0.0132. The summed E-state index contributed by atoms with van der Waals surface area (Å²) >= 11 is 8.90. The molecule has 0 fully saturated rings. The van der Waals surface area contributed by atoms with Gasteiger partial charge in [0.25, 0.3) is 0 Å². The van der Waals surface area contributed by atoms with Gasteiger partial charge in [0.15, 0.2) is 17.4 Å². The third-order valence-electron chi connectivity index (χ3n) is 2.44. The van der Waals surface area contributed by atoms with Crippen molar-refractivity contribution in [3.8, 4) is 11.5 Å². The van der Waals surface area contributed by atoms with Crippen LogP contribution in [0.15, 0.2) is 34.8 Å². The quantitative estimate of drug-likeness (QED) is 0.558. The Kier molecular flexibility index (Phi) is 4.43. The molecule has 1 nitrogen and oxygen atoms in total. The average molecular weight is 388 g/mol. The number of hydrogen-bond donors (Lipinski definition) is 0. The van der Waals surface area contributed by atoms with E-state index in [1.54, 1.807) is 0 Å². The monoisotopic (exact) mass is 386 g/mol. The van der Waals surface area contributed by atoms with Crippen LogP contribution < -0.4 is 4.74 Å². The van der Waals surface area contributed by atoms with E-state index in [9.17, 15) is 22.0 Å². The van der Waals surface area contributed by atoms with E-state index in [1.807, 2.05) is 0 Å². The van der Waals surface area contributed by atoms with Crippen LogP contribution in [0, 0.1) is 11.6 Å². The first-order chi connectivity index (χ1) is 9.68. The molecule has 0 atom stereocenters. The fraction of sp³-hybridized carbons (Fsp3) is 0.0769. The van der Waals surface area contributed by atoms with Crippen LogP contribution in [0.3, 0.4) is 0 Å². The Morgan fingerprint density at radius 1 is 1.00 bits per heavy atom. The third kappa shape index (κ3) is 3.65. The van der Waals surface area contributed by atoms with Gasteiger partial charge in [-0.3, -0.25) is 0 Å². The molecule has 2 aromatic carbocycles. The second kappa shape index (κ2) is 5.81. The van der Waals surface area contributed by atoms with E-state index in [4.69, 9.17) is 16.3 Å². The van der Waals surface area contributed by atoms with Gasteiger partial charge in [-0.15, -0.1) is 0 Å². The van der Waals surface area contributed by atoms with Gasteiger partial charge >= 0.3 is 6.18 Å². The van der Waals surface area contributed by atoms with Crippen LogP contribution in [-0.4, -0.2) is 0 Å². The van der Waals surface area contributed by atoms with E-state index < -0.39 is 29.1 Å². The maximum Gasteiger partial charge on any atom is 0.416 e. The molecule has 0 heterocycles. The van der Waals surface area contributed by atoms with Crippen LogP contribution in [0.2, 0.25) is 5.02 Å². The topological polar surface area (TPSA) is 9.23 Å². The molecule has 0 aliphatic rings. The normalized spacial score (nSPS) is 11.6. The Morgan fingerprint density at radius 2 is 1.57 bits per heavy atom. The van der Waals surface area contributed by atoms with Crippen LogP contribution >= 0.6 is 27.5 Å². The summed E-state index contributed by atoms with van der Waals surface area (Å²) in [5.41, 5.74) is -1.43. The molecule has 0 aliphatic carbocycles. The van der Waals surface area contributed by atoms with Crippen molar-refractivity contribution in [1.82, 2.24) is 0 Å². The molecule has 21 heavy (non-hydrogen) atoms. The van der Waals surface area contributed by atoms with Crippen LogP contribution in [-0.2, 0) is 6.18 Å². The number of hydrogen-bond acceptors (Lipinski definition) is 1. The highest BCUT2D eigenvalue weighted by Crippen LogP contribution is 2.36. The van der Waals surface area contributed by atoms with Crippen LogP contribution in [0.4, 0.5) is 22.0 Å². The lowest BCUT2D eigenvalue weighted by Gasteiger charge is -2.12. The van der Waals surface area contributed by atoms with E-state index in [-0.39, 0.29) is 22.9 Å². The summed E-state index contributed by atoms with van der Waals surface area (Å²) in [7, 11) is 0. The molecule has 0 saturated heterocycles. The van der Waals surface area contributed by atoms with E-state index in [2.05, 4.69) is 15.9 Å². The average Bonchev–Trinajstić information content (AvgIpc) is 2.36. The maximum absolute atomic E-state index is 13.6. The van der Waals surface area contributed by atoms with Crippen LogP contribution in [0.1, 0.15) is 5.56 Å².